The van der Waals surface area contributed by atoms with Crippen LogP contribution in [0, 0.1) is 17.0 Å². The average Bonchev–Trinajstić information content (AvgIpc) is 2.51. The van der Waals surface area contributed by atoms with Crippen molar-refractivity contribution in [1.29, 1.82) is 0 Å². The van der Waals surface area contributed by atoms with Crippen LogP contribution in [-0.2, 0) is 7.05 Å². The largest absolute Gasteiger partial charge is 0.356 e. The fraction of sp³-hybridized carbons (Fsp3) is 0.182. The molecule has 0 amide bonds. The summed E-state index contributed by atoms with van der Waals surface area (Å²) in [6, 6.07) is 8.82. The van der Waals surface area contributed by atoms with Gasteiger partial charge in [-0.25, -0.2) is 4.68 Å². The summed E-state index contributed by atoms with van der Waals surface area (Å²) in [5.74, 6) is 0. The van der Waals surface area contributed by atoms with Gasteiger partial charge in [-0.2, -0.15) is 0 Å². The summed E-state index contributed by atoms with van der Waals surface area (Å²) < 4.78 is 2.77. The molecule has 0 unspecified atom stereocenters. The van der Waals surface area contributed by atoms with Crippen LogP contribution in [0.4, 0.5) is 5.69 Å². The fourth-order valence-electron chi connectivity index (χ4n) is 1.76. The molecule has 0 aliphatic heterocycles. The van der Waals surface area contributed by atoms with Gasteiger partial charge in [0, 0.05) is 7.05 Å². The van der Waals surface area contributed by atoms with Gasteiger partial charge in [0.15, 0.2) is 0 Å². The van der Waals surface area contributed by atoms with E-state index in [-0.39, 0.29) is 5.69 Å². The van der Waals surface area contributed by atoms with E-state index in [1.54, 1.807) is 38.2 Å². The molecule has 1 aromatic carbocycles. The van der Waals surface area contributed by atoms with Crippen molar-refractivity contribution in [1.82, 2.24) is 9.36 Å². The molecule has 0 N–H and O–H groups in total. The standard InChI is InChI=1S/C11H11N3O3/c1-8-10(14(16)17)11(15)13(12(8)2)9-6-4-3-5-7-9/h3-7H,1-2H3. The monoisotopic (exact) mass is 233 g/mol. The van der Waals surface area contributed by atoms with E-state index in [0.717, 1.165) is 0 Å². The van der Waals surface area contributed by atoms with E-state index >= 15 is 0 Å². The second-order valence-corrected chi connectivity index (χ2v) is 3.67. The third-order valence-corrected chi connectivity index (χ3v) is 2.71. The molecular weight excluding hydrogens is 222 g/mol. The Balaban J connectivity index is 2.77. The van der Waals surface area contributed by atoms with Crippen LogP contribution in [0.1, 0.15) is 5.69 Å². The summed E-state index contributed by atoms with van der Waals surface area (Å²) in [6.07, 6.45) is 0. The summed E-state index contributed by atoms with van der Waals surface area (Å²) in [4.78, 5) is 22.1. The number of hydrogen-bond donors (Lipinski definition) is 0. The van der Waals surface area contributed by atoms with Gasteiger partial charge in [-0.15, -0.1) is 0 Å². The molecule has 88 valence electrons. The summed E-state index contributed by atoms with van der Waals surface area (Å²) >= 11 is 0. The topological polar surface area (TPSA) is 70.1 Å². The zero-order valence-corrected chi connectivity index (χ0v) is 9.45. The molecule has 6 nitrogen and oxygen atoms in total. The van der Waals surface area contributed by atoms with Gasteiger partial charge in [0.1, 0.15) is 5.69 Å². The second-order valence-electron chi connectivity index (χ2n) is 3.67. The molecule has 0 saturated carbocycles. The molecule has 0 saturated heterocycles. The van der Waals surface area contributed by atoms with Gasteiger partial charge >= 0.3 is 11.2 Å². The van der Waals surface area contributed by atoms with E-state index in [2.05, 4.69) is 0 Å². The van der Waals surface area contributed by atoms with Crippen LogP contribution in [0.3, 0.4) is 0 Å². The Morgan fingerprint density at radius 2 is 1.82 bits per heavy atom. The Hall–Kier alpha value is -2.37. The van der Waals surface area contributed by atoms with Crippen molar-refractivity contribution >= 4 is 5.69 Å². The Kier molecular flexibility index (Phi) is 2.55. The van der Waals surface area contributed by atoms with Crippen molar-refractivity contribution in [2.45, 2.75) is 6.92 Å². The number of nitrogens with zero attached hydrogens (tertiary/aromatic N) is 3. The lowest BCUT2D eigenvalue weighted by atomic mass is 10.3. The van der Waals surface area contributed by atoms with Gasteiger partial charge in [-0.05, 0) is 19.1 Å². The third-order valence-electron chi connectivity index (χ3n) is 2.71. The quantitative estimate of drug-likeness (QED) is 0.581. The number of para-hydroxylation sites is 1. The van der Waals surface area contributed by atoms with Crippen LogP contribution >= 0.6 is 0 Å². The molecule has 17 heavy (non-hydrogen) atoms. The number of nitro groups is 1. The lowest BCUT2D eigenvalue weighted by Gasteiger charge is -2.06. The minimum absolute atomic E-state index is 0.337. The van der Waals surface area contributed by atoms with E-state index in [4.69, 9.17) is 0 Å². The maximum Gasteiger partial charge on any atom is 0.356 e. The summed E-state index contributed by atoms with van der Waals surface area (Å²) in [7, 11) is 1.62. The normalized spacial score (nSPS) is 10.5. The Labute approximate surface area is 96.9 Å². The van der Waals surface area contributed by atoms with Crippen LogP contribution in [-0.4, -0.2) is 14.3 Å². The van der Waals surface area contributed by atoms with Gasteiger partial charge in [-0.1, -0.05) is 18.2 Å². The minimum atomic E-state index is -0.642. The first-order valence-electron chi connectivity index (χ1n) is 5.02. The van der Waals surface area contributed by atoms with E-state index in [1.165, 1.54) is 9.36 Å². The average molecular weight is 233 g/mol. The zero-order valence-electron chi connectivity index (χ0n) is 9.45. The molecule has 0 fully saturated rings. The van der Waals surface area contributed by atoms with Crippen LogP contribution < -0.4 is 5.56 Å². The minimum Gasteiger partial charge on any atom is -0.278 e. The highest BCUT2D eigenvalue weighted by Gasteiger charge is 2.25. The second kappa shape index (κ2) is 3.89. The van der Waals surface area contributed by atoms with Crippen LogP contribution in [0.5, 0.6) is 0 Å². The molecule has 0 radical (unpaired) electrons. The van der Waals surface area contributed by atoms with Crippen LogP contribution in [0.15, 0.2) is 35.1 Å². The molecule has 0 atom stereocenters. The van der Waals surface area contributed by atoms with Crippen molar-refractivity contribution < 1.29 is 4.92 Å². The first-order chi connectivity index (χ1) is 8.04. The first-order valence-corrected chi connectivity index (χ1v) is 5.02. The predicted octanol–water partition coefficient (Wildman–Crippen LogP) is 1.39. The van der Waals surface area contributed by atoms with Crippen molar-refractivity contribution in [3.63, 3.8) is 0 Å². The summed E-state index contributed by atoms with van der Waals surface area (Å²) in [5, 5.41) is 10.8. The zero-order chi connectivity index (χ0) is 12.6. The molecule has 2 rings (SSSR count). The fourth-order valence-corrected chi connectivity index (χ4v) is 1.76. The maximum atomic E-state index is 12.0. The number of rotatable bonds is 2. The molecule has 0 aliphatic rings. The highest BCUT2D eigenvalue weighted by Crippen LogP contribution is 2.15. The van der Waals surface area contributed by atoms with E-state index in [0.29, 0.717) is 11.4 Å². The predicted molar refractivity (Wildman–Crippen MR) is 62.4 cm³/mol. The molecule has 0 aliphatic carbocycles. The third kappa shape index (κ3) is 1.63. The van der Waals surface area contributed by atoms with Crippen molar-refractivity contribution in [2.75, 3.05) is 0 Å². The van der Waals surface area contributed by atoms with Crippen molar-refractivity contribution in [3.05, 3.63) is 56.5 Å². The lowest BCUT2D eigenvalue weighted by molar-refractivity contribution is -0.386. The first kappa shape index (κ1) is 11.1. The highest BCUT2D eigenvalue weighted by atomic mass is 16.6. The maximum absolute atomic E-state index is 12.0. The molecule has 6 heteroatoms. The molecular formula is C11H11N3O3. The molecule has 1 aromatic heterocycles. The highest BCUT2D eigenvalue weighted by molar-refractivity contribution is 5.39. The SMILES string of the molecule is Cc1c([N+](=O)[O-])c(=O)n(-c2ccccc2)n1C. The van der Waals surface area contributed by atoms with Gasteiger partial charge < -0.3 is 0 Å². The van der Waals surface area contributed by atoms with E-state index in [1.807, 2.05) is 6.07 Å². The Morgan fingerprint density at radius 1 is 1.24 bits per heavy atom. The van der Waals surface area contributed by atoms with Crippen LogP contribution in [0.25, 0.3) is 5.69 Å². The number of aromatic nitrogens is 2. The molecule has 0 bridgehead atoms. The lowest BCUT2D eigenvalue weighted by Crippen LogP contribution is -2.20. The van der Waals surface area contributed by atoms with E-state index in [9.17, 15) is 14.9 Å². The van der Waals surface area contributed by atoms with Gasteiger partial charge in [0.2, 0.25) is 0 Å². The number of benzene rings is 1. The van der Waals surface area contributed by atoms with Crippen molar-refractivity contribution in [2.24, 2.45) is 7.05 Å². The van der Waals surface area contributed by atoms with E-state index < -0.39 is 10.5 Å². The van der Waals surface area contributed by atoms with Crippen LogP contribution in [0.2, 0.25) is 0 Å². The van der Waals surface area contributed by atoms with Crippen molar-refractivity contribution in [3.8, 4) is 5.69 Å². The molecule has 2 aromatic rings. The van der Waals surface area contributed by atoms with Gasteiger partial charge in [0.05, 0.1) is 10.6 Å². The smallest absolute Gasteiger partial charge is 0.278 e. The van der Waals surface area contributed by atoms with Gasteiger partial charge in [0.25, 0.3) is 0 Å². The molecule has 0 spiro atoms. The number of hydrogen-bond acceptors (Lipinski definition) is 3. The molecule has 1 heterocycles. The summed E-state index contributed by atoms with van der Waals surface area (Å²) in [5.41, 5.74) is -0.0439. The Bertz CT molecular complexity index is 625. The van der Waals surface area contributed by atoms with Gasteiger partial charge in [-0.3, -0.25) is 19.6 Å². The summed E-state index contributed by atoms with van der Waals surface area (Å²) in [6.45, 7) is 1.55. The Morgan fingerprint density at radius 3 is 2.29 bits per heavy atom.